The molecule has 1 atom stereocenters. The van der Waals surface area contributed by atoms with Crippen LogP contribution in [0.15, 0.2) is 42.6 Å². The summed E-state index contributed by atoms with van der Waals surface area (Å²) in [6.45, 7) is -0.114. The van der Waals surface area contributed by atoms with Gasteiger partial charge < -0.3 is 10.8 Å². The van der Waals surface area contributed by atoms with Gasteiger partial charge in [0.25, 0.3) is 0 Å². The Balaban J connectivity index is 2.33. The van der Waals surface area contributed by atoms with E-state index in [1.165, 1.54) is 6.07 Å². The summed E-state index contributed by atoms with van der Waals surface area (Å²) < 4.78 is 13.5. The molecule has 0 aliphatic carbocycles. The lowest BCUT2D eigenvalue weighted by Crippen LogP contribution is -2.14. The molecule has 0 bridgehead atoms. The monoisotopic (exact) mass is 232 g/mol. The van der Waals surface area contributed by atoms with Crippen molar-refractivity contribution in [3.8, 4) is 11.3 Å². The average Bonchev–Trinajstić information content (AvgIpc) is 2.39. The average molecular weight is 232 g/mol. The Kier molecular flexibility index (Phi) is 3.46. The highest BCUT2D eigenvalue weighted by atomic mass is 19.1. The minimum atomic E-state index is -0.405. The van der Waals surface area contributed by atoms with E-state index in [4.69, 9.17) is 10.8 Å². The van der Waals surface area contributed by atoms with Crippen LogP contribution in [0.3, 0.4) is 0 Å². The molecule has 1 aromatic carbocycles. The molecule has 3 N–H and O–H groups in total. The number of halogens is 1. The summed E-state index contributed by atoms with van der Waals surface area (Å²) in [4.78, 5) is 3.99. The van der Waals surface area contributed by atoms with Crippen molar-refractivity contribution in [2.75, 3.05) is 6.61 Å². The maximum atomic E-state index is 13.5. The van der Waals surface area contributed by atoms with Crippen LogP contribution in [-0.4, -0.2) is 16.7 Å². The number of hydrogen-bond acceptors (Lipinski definition) is 3. The summed E-state index contributed by atoms with van der Waals surface area (Å²) in [5, 5.41) is 8.92. The topological polar surface area (TPSA) is 59.1 Å². The number of aliphatic hydroxyl groups excluding tert-OH is 1. The van der Waals surface area contributed by atoms with Gasteiger partial charge in [0.2, 0.25) is 0 Å². The molecule has 2 rings (SSSR count). The molecule has 1 unspecified atom stereocenters. The van der Waals surface area contributed by atoms with Crippen LogP contribution in [0.25, 0.3) is 11.3 Å². The Morgan fingerprint density at radius 3 is 2.53 bits per heavy atom. The lowest BCUT2D eigenvalue weighted by atomic mass is 10.0. The first-order chi connectivity index (χ1) is 8.22. The summed E-state index contributed by atoms with van der Waals surface area (Å²) in [7, 11) is 0. The summed E-state index contributed by atoms with van der Waals surface area (Å²) >= 11 is 0. The van der Waals surface area contributed by atoms with Crippen LogP contribution in [0, 0.1) is 5.82 Å². The zero-order chi connectivity index (χ0) is 12.3. The molecule has 4 heteroatoms. The van der Waals surface area contributed by atoms with Crippen LogP contribution >= 0.6 is 0 Å². The van der Waals surface area contributed by atoms with Crippen LogP contribution in [0.1, 0.15) is 11.6 Å². The van der Waals surface area contributed by atoms with E-state index >= 15 is 0 Å². The maximum Gasteiger partial charge on any atom is 0.149 e. The highest BCUT2D eigenvalue weighted by molar-refractivity contribution is 5.59. The molecule has 0 radical (unpaired) electrons. The molecule has 0 spiro atoms. The lowest BCUT2D eigenvalue weighted by molar-refractivity contribution is 0.268. The first-order valence-electron chi connectivity index (χ1n) is 5.29. The molecule has 0 amide bonds. The summed E-state index contributed by atoms with van der Waals surface area (Å²) in [6.07, 6.45) is 1.55. The van der Waals surface area contributed by atoms with Gasteiger partial charge in [-0.05, 0) is 17.7 Å². The number of benzene rings is 1. The van der Waals surface area contributed by atoms with Gasteiger partial charge >= 0.3 is 0 Å². The molecular formula is C13H13FN2O. The van der Waals surface area contributed by atoms with Gasteiger partial charge in [0.15, 0.2) is 0 Å². The fourth-order valence-corrected chi connectivity index (χ4v) is 1.59. The van der Waals surface area contributed by atoms with E-state index < -0.39 is 6.04 Å². The minimum Gasteiger partial charge on any atom is -0.394 e. The third-order valence-corrected chi connectivity index (χ3v) is 2.57. The Bertz CT molecular complexity index is 499. The third-order valence-electron chi connectivity index (χ3n) is 2.57. The van der Waals surface area contributed by atoms with Gasteiger partial charge in [-0.1, -0.05) is 24.3 Å². The number of pyridine rings is 1. The number of aromatic nitrogens is 1. The largest absolute Gasteiger partial charge is 0.394 e. The number of hydrogen-bond donors (Lipinski definition) is 2. The molecule has 88 valence electrons. The Morgan fingerprint density at radius 1 is 1.24 bits per heavy atom. The van der Waals surface area contributed by atoms with Gasteiger partial charge in [-0.15, -0.1) is 0 Å². The fraction of sp³-hybridized carbons (Fsp3) is 0.154. The fourth-order valence-electron chi connectivity index (χ4n) is 1.59. The normalized spacial score (nSPS) is 12.4. The minimum absolute atomic E-state index is 0.114. The quantitative estimate of drug-likeness (QED) is 0.849. The van der Waals surface area contributed by atoms with Crippen molar-refractivity contribution in [3.05, 3.63) is 54.0 Å². The van der Waals surface area contributed by atoms with Crippen LogP contribution < -0.4 is 5.73 Å². The molecule has 1 heterocycles. The van der Waals surface area contributed by atoms with E-state index in [0.717, 1.165) is 5.56 Å². The lowest BCUT2D eigenvalue weighted by Gasteiger charge is -2.09. The smallest absolute Gasteiger partial charge is 0.149 e. The second-order valence-electron chi connectivity index (χ2n) is 3.74. The molecule has 2 aromatic rings. The molecule has 17 heavy (non-hydrogen) atoms. The van der Waals surface area contributed by atoms with Crippen LogP contribution in [0.4, 0.5) is 4.39 Å². The van der Waals surface area contributed by atoms with Crippen molar-refractivity contribution in [2.45, 2.75) is 6.04 Å². The van der Waals surface area contributed by atoms with Crippen LogP contribution in [-0.2, 0) is 0 Å². The second kappa shape index (κ2) is 5.03. The van der Waals surface area contributed by atoms with Crippen LogP contribution in [0.2, 0.25) is 0 Å². The zero-order valence-electron chi connectivity index (χ0n) is 9.18. The zero-order valence-corrected chi connectivity index (χ0v) is 9.18. The first-order valence-corrected chi connectivity index (χ1v) is 5.29. The van der Waals surface area contributed by atoms with Gasteiger partial charge in [0, 0.05) is 11.8 Å². The Morgan fingerprint density at radius 2 is 1.94 bits per heavy atom. The van der Waals surface area contributed by atoms with E-state index in [1.54, 1.807) is 36.5 Å². The first kappa shape index (κ1) is 11.7. The Labute approximate surface area is 98.7 Å². The molecule has 1 aromatic heterocycles. The Hall–Kier alpha value is -1.78. The predicted molar refractivity (Wildman–Crippen MR) is 63.6 cm³/mol. The second-order valence-corrected chi connectivity index (χ2v) is 3.74. The standard InChI is InChI=1S/C13H13FN2O/c14-11-2-1-7-16-13(11)10-5-3-9(4-6-10)12(15)8-17/h1-7,12,17H,8,15H2. The predicted octanol–water partition coefficient (Wildman–Crippen LogP) is 1.88. The molecule has 3 nitrogen and oxygen atoms in total. The van der Waals surface area contributed by atoms with Crippen LogP contribution in [0.5, 0.6) is 0 Å². The maximum absolute atomic E-state index is 13.5. The SMILES string of the molecule is NC(CO)c1ccc(-c2ncccc2F)cc1. The molecule has 0 fully saturated rings. The van der Waals surface area contributed by atoms with Gasteiger partial charge in [0.1, 0.15) is 11.5 Å². The summed E-state index contributed by atoms with van der Waals surface area (Å²) in [5.74, 6) is -0.355. The highest BCUT2D eigenvalue weighted by Gasteiger charge is 2.07. The van der Waals surface area contributed by atoms with Crippen molar-refractivity contribution in [1.82, 2.24) is 4.98 Å². The van der Waals surface area contributed by atoms with Gasteiger partial charge in [-0.2, -0.15) is 0 Å². The molecule has 0 saturated carbocycles. The highest BCUT2D eigenvalue weighted by Crippen LogP contribution is 2.21. The van der Waals surface area contributed by atoms with Gasteiger partial charge in [-0.25, -0.2) is 4.39 Å². The number of rotatable bonds is 3. The van der Waals surface area contributed by atoms with Crippen molar-refractivity contribution in [2.24, 2.45) is 5.73 Å². The van der Waals surface area contributed by atoms with Crippen molar-refractivity contribution in [3.63, 3.8) is 0 Å². The van der Waals surface area contributed by atoms with Crippen molar-refractivity contribution >= 4 is 0 Å². The van der Waals surface area contributed by atoms with Crippen molar-refractivity contribution < 1.29 is 9.50 Å². The molecule has 0 aliphatic heterocycles. The number of nitrogens with two attached hydrogens (primary N) is 1. The van der Waals surface area contributed by atoms with Crippen molar-refractivity contribution in [1.29, 1.82) is 0 Å². The summed E-state index contributed by atoms with van der Waals surface area (Å²) in [6, 6.07) is 9.55. The molecule has 0 saturated heterocycles. The van der Waals surface area contributed by atoms with Gasteiger partial charge in [0.05, 0.1) is 12.6 Å². The molecular weight excluding hydrogens is 219 g/mol. The van der Waals surface area contributed by atoms with E-state index in [1.807, 2.05) is 0 Å². The van der Waals surface area contributed by atoms with E-state index in [0.29, 0.717) is 11.3 Å². The third kappa shape index (κ3) is 2.49. The molecule has 0 aliphatic rings. The van der Waals surface area contributed by atoms with E-state index in [9.17, 15) is 4.39 Å². The van der Waals surface area contributed by atoms with Gasteiger partial charge in [-0.3, -0.25) is 4.98 Å². The summed E-state index contributed by atoms with van der Waals surface area (Å²) in [5.41, 5.74) is 7.49. The number of nitrogens with zero attached hydrogens (tertiary/aromatic N) is 1. The van der Waals surface area contributed by atoms with E-state index in [2.05, 4.69) is 4.98 Å². The van der Waals surface area contributed by atoms with E-state index in [-0.39, 0.29) is 12.4 Å². The number of aliphatic hydroxyl groups is 1.